The predicted molar refractivity (Wildman–Crippen MR) is 52.1 cm³/mol. The number of carbonyl (C=O) groups is 1. The van der Waals surface area contributed by atoms with E-state index in [9.17, 15) is 13.2 Å². The molecule has 14 heavy (non-hydrogen) atoms. The number of rotatable bonds is 5. The second-order valence-electron chi connectivity index (χ2n) is 3.24. The van der Waals surface area contributed by atoms with E-state index in [4.69, 9.17) is 5.11 Å². The zero-order chi connectivity index (χ0) is 11.6. The van der Waals surface area contributed by atoms with Gasteiger partial charge in [0.25, 0.3) is 10.2 Å². The molecule has 0 aliphatic carbocycles. The lowest BCUT2D eigenvalue weighted by atomic mass is 10.1. The number of nitrogens with one attached hydrogen (secondary N) is 1. The van der Waals surface area contributed by atoms with Gasteiger partial charge in [0.15, 0.2) is 0 Å². The molecule has 0 aromatic rings. The SMILES string of the molecule is CCN(C(C)(C)C(=O)O)S(=O)(=O)NC. The number of hydrogen-bond acceptors (Lipinski definition) is 3. The summed E-state index contributed by atoms with van der Waals surface area (Å²) in [4.78, 5) is 10.9. The van der Waals surface area contributed by atoms with Gasteiger partial charge in [-0.25, -0.2) is 4.72 Å². The number of carboxylic acids is 1. The number of carboxylic acid groups (broad SMARTS) is 1. The third-order valence-corrected chi connectivity index (χ3v) is 3.79. The van der Waals surface area contributed by atoms with E-state index >= 15 is 0 Å². The highest BCUT2D eigenvalue weighted by Gasteiger charge is 2.40. The molecule has 6 nitrogen and oxygen atoms in total. The second kappa shape index (κ2) is 4.24. The summed E-state index contributed by atoms with van der Waals surface area (Å²) in [7, 11) is -2.46. The summed E-state index contributed by atoms with van der Waals surface area (Å²) < 4.78 is 25.8. The Kier molecular flexibility index (Phi) is 4.04. The standard InChI is InChI=1S/C7H16N2O4S/c1-5-9(14(12,13)8-4)7(2,3)6(10)11/h8H,5H2,1-4H3,(H,10,11). The summed E-state index contributed by atoms with van der Waals surface area (Å²) in [6.07, 6.45) is 0. The molecule has 0 spiro atoms. The predicted octanol–water partition coefficient (Wildman–Crippen LogP) is -0.364. The molecule has 0 saturated heterocycles. The van der Waals surface area contributed by atoms with Crippen molar-refractivity contribution in [2.75, 3.05) is 13.6 Å². The second-order valence-corrected chi connectivity index (χ2v) is 5.04. The van der Waals surface area contributed by atoms with Crippen LogP contribution >= 0.6 is 0 Å². The first-order valence-electron chi connectivity index (χ1n) is 4.14. The Morgan fingerprint density at radius 2 is 1.93 bits per heavy atom. The average Bonchev–Trinajstić information content (AvgIpc) is 2.04. The Labute approximate surface area is 84.1 Å². The molecular weight excluding hydrogens is 208 g/mol. The topological polar surface area (TPSA) is 86.7 Å². The first-order valence-corrected chi connectivity index (χ1v) is 5.58. The molecule has 0 unspecified atom stereocenters. The molecule has 0 radical (unpaired) electrons. The van der Waals surface area contributed by atoms with Gasteiger partial charge in [0, 0.05) is 13.6 Å². The van der Waals surface area contributed by atoms with Crippen LogP contribution in [-0.4, -0.2) is 42.9 Å². The minimum atomic E-state index is -3.71. The minimum absolute atomic E-state index is 0.0997. The molecule has 0 atom stereocenters. The van der Waals surface area contributed by atoms with Crippen molar-refractivity contribution in [3.8, 4) is 0 Å². The van der Waals surface area contributed by atoms with Crippen molar-refractivity contribution >= 4 is 16.2 Å². The molecule has 0 heterocycles. The lowest BCUT2D eigenvalue weighted by molar-refractivity contribution is -0.146. The van der Waals surface area contributed by atoms with Gasteiger partial charge in [-0.3, -0.25) is 4.79 Å². The zero-order valence-electron chi connectivity index (χ0n) is 8.73. The molecule has 0 aliphatic rings. The van der Waals surface area contributed by atoms with Crippen molar-refractivity contribution in [3.63, 3.8) is 0 Å². The molecule has 0 fully saturated rings. The zero-order valence-corrected chi connectivity index (χ0v) is 9.55. The minimum Gasteiger partial charge on any atom is -0.480 e. The molecule has 2 N–H and O–H groups in total. The van der Waals surface area contributed by atoms with Gasteiger partial charge in [0.05, 0.1) is 0 Å². The molecule has 0 aromatic heterocycles. The van der Waals surface area contributed by atoms with Crippen LogP contribution in [-0.2, 0) is 15.0 Å². The highest BCUT2D eigenvalue weighted by atomic mass is 32.2. The smallest absolute Gasteiger partial charge is 0.324 e. The average molecular weight is 224 g/mol. The summed E-state index contributed by atoms with van der Waals surface area (Å²) in [5.74, 6) is -1.18. The lowest BCUT2D eigenvalue weighted by Gasteiger charge is -2.32. The summed E-state index contributed by atoms with van der Waals surface area (Å²) in [6, 6.07) is 0. The van der Waals surface area contributed by atoms with E-state index in [0.29, 0.717) is 0 Å². The van der Waals surface area contributed by atoms with E-state index in [-0.39, 0.29) is 6.54 Å². The maximum absolute atomic E-state index is 11.4. The molecule has 0 bridgehead atoms. The largest absolute Gasteiger partial charge is 0.480 e. The van der Waals surface area contributed by atoms with Crippen LogP contribution in [0.3, 0.4) is 0 Å². The third-order valence-electron chi connectivity index (χ3n) is 1.98. The van der Waals surface area contributed by atoms with Crippen LogP contribution in [0.25, 0.3) is 0 Å². The summed E-state index contributed by atoms with van der Waals surface area (Å²) in [5.41, 5.74) is -1.45. The van der Waals surface area contributed by atoms with E-state index in [2.05, 4.69) is 4.72 Å². The van der Waals surface area contributed by atoms with Crippen LogP contribution in [0.4, 0.5) is 0 Å². The van der Waals surface area contributed by atoms with E-state index < -0.39 is 21.7 Å². The summed E-state index contributed by atoms with van der Waals surface area (Å²) >= 11 is 0. The Hall–Kier alpha value is -0.660. The van der Waals surface area contributed by atoms with Crippen LogP contribution in [0.15, 0.2) is 0 Å². The van der Waals surface area contributed by atoms with Crippen LogP contribution < -0.4 is 4.72 Å². The fraction of sp³-hybridized carbons (Fsp3) is 0.857. The van der Waals surface area contributed by atoms with Crippen LogP contribution in [0.2, 0.25) is 0 Å². The first kappa shape index (κ1) is 13.3. The van der Waals surface area contributed by atoms with Crippen LogP contribution in [0, 0.1) is 0 Å². The van der Waals surface area contributed by atoms with Crippen molar-refractivity contribution in [1.82, 2.24) is 9.03 Å². The molecule has 84 valence electrons. The highest BCUT2D eigenvalue weighted by molar-refractivity contribution is 7.87. The maximum Gasteiger partial charge on any atom is 0.324 e. The van der Waals surface area contributed by atoms with Crippen LogP contribution in [0.5, 0.6) is 0 Å². The first-order chi connectivity index (χ1) is 6.20. The van der Waals surface area contributed by atoms with Gasteiger partial charge in [0.1, 0.15) is 5.54 Å². The van der Waals surface area contributed by atoms with Crippen molar-refractivity contribution in [3.05, 3.63) is 0 Å². The van der Waals surface area contributed by atoms with Crippen molar-refractivity contribution in [1.29, 1.82) is 0 Å². The van der Waals surface area contributed by atoms with Gasteiger partial charge in [-0.05, 0) is 13.8 Å². The van der Waals surface area contributed by atoms with Gasteiger partial charge < -0.3 is 5.11 Å². The fourth-order valence-corrected chi connectivity index (χ4v) is 2.32. The highest BCUT2D eigenvalue weighted by Crippen LogP contribution is 2.17. The molecule has 0 amide bonds. The number of aliphatic carboxylic acids is 1. The van der Waals surface area contributed by atoms with Gasteiger partial charge >= 0.3 is 5.97 Å². The lowest BCUT2D eigenvalue weighted by Crippen LogP contribution is -2.55. The van der Waals surface area contributed by atoms with E-state index in [1.165, 1.54) is 20.9 Å². The number of likely N-dealkylation sites (N-methyl/N-ethyl adjacent to an activating group) is 1. The van der Waals surface area contributed by atoms with E-state index in [0.717, 1.165) is 4.31 Å². The molecule has 0 aliphatic heterocycles. The van der Waals surface area contributed by atoms with Crippen molar-refractivity contribution in [2.24, 2.45) is 0 Å². The van der Waals surface area contributed by atoms with Gasteiger partial charge in [0.2, 0.25) is 0 Å². The molecular formula is C7H16N2O4S. The van der Waals surface area contributed by atoms with Crippen molar-refractivity contribution < 1.29 is 18.3 Å². The third kappa shape index (κ3) is 2.43. The van der Waals surface area contributed by atoms with E-state index in [1.807, 2.05) is 0 Å². The Morgan fingerprint density at radius 1 is 1.50 bits per heavy atom. The molecule has 0 aromatic carbocycles. The summed E-state index contributed by atoms with van der Waals surface area (Å²) in [5, 5.41) is 8.87. The Bertz CT molecular complexity index is 310. The number of hydrogen-bond donors (Lipinski definition) is 2. The number of nitrogens with zero attached hydrogens (tertiary/aromatic N) is 1. The molecule has 7 heteroatoms. The normalized spacial score (nSPS) is 13.2. The maximum atomic E-state index is 11.4. The van der Waals surface area contributed by atoms with Gasteiger partial charge in [-0.2, -0.15) is 12.7 Å². The Balaban J connectivity index is 5.21. The monoisotopic (exact) mass is 224 g/mol. The van der Waals surface area contributed by atoms with Crippen LogP contribution in [0.1, 0.15) is 20.8 Å². The molecule has 0 rings (SSSR count). The van der Waals surface area contributed by atoms with E-state index in [1.54, 1.807) is 6.92 Å². The fourth-order valence-electron chi connectivity index (χ4n) is 1.08. The quantitative estimate of drug-likeness (QED) is 0.667. The molecule has 0 saturated carbocycles. The van der Waals surface area contributed by atoms with Gasteiger partial charge in [-0.1, -0.05) is 6.92 Å². The van der Waals surface area contributed by atoms with Crippen molar-refractivity contribution in [2.45, 2.75) is 26.3 Å². The van der Waals surface area contributed by atoms with Gasteiger partial charge in [-0.15, -0.1) is 0 Å². The summed E-state index contributed by atoms with van der Waals surface area (Å²) in [6.45, 7) is 4.36. The Morgan fingerprint density at radius 3 is 2.14 bits per heavy atom.